The van der Waals surface area contributed by atoms with Gasteiger partial charge in [-0.2, -0.15) is 0 Å². The quantitative estimate of drug-likeness (QED) is 0.592. The van der Waals surface area contributed by atoms with E-state index in [1.807, 2.05) is 0 Å². The minimum absolute atomic E-state index is 0.0712. The molecule has 3 fully saturated rings. The van der Waals surface area contributed by atoms with Gasteiger partial charge in [0.1, 0.15) is 5.00 Å². The number of hydrogen-bond donors (Lipinski definition) is 2. The summed E-state index contributed by atoms with van der Waals surface area (Å²) in [5.41, 5.74) is 1.66. The molecular formula is C25H35NO5S. The van der Waals surface area contributed by atoms with Crippen LogP contribution in [0.4, 0.5) is 5.00 Å². The first kappa shape index (κ1) is 23.3. The van der Waals surface area contributed by atoms with Gasteiger partial charge in [-0.1, -0.05) is 20.8 Å². The number of carbonyl (C=O) groups is 3. The smallest absolute Gasteiger partial charge is 0.341 e. The van der Waals surface area contributed by atoms with Gasteiger partial charge in [-0.25, -0.2) is 4.79 Å². The lowest BCUT2D eigenvalue weighted by atomic mass is 9.58. The molecule has 1 heterocycles. The molecule has 0 saturated heterocycles. The van der Waals surface area contributed by atoms with Crippen LogP contribution in [0.2, 0.25) is 0 Å². The Balaban J connectivity index is 1.64. The Morgan fingerprint density at radius 2 is 1.69 bits per heavy atom. The summed E-state index contributed by atoms with van der Waals surface area (Å²) >= 11 is 1.48. The molecule has 3 atom stereocenters. The molecule has 0 unspecified atom stereocenters. The third-order valence-electron chi connectivity index (χ3n) is 8.01. The Hall–Kier alpha value is -1.89. The molecule has 2 bridgehead atoms. The SMILES string of the molecule is CCOC(=O)c1c(NC(=O)[C@@H]2C3CCC(CC3)[C@@H]2C(=O)O)sc2c1CC[C@@H](C(C)(C)C)C2. The fourth-order valence-corrected chi connectivity index (χ4v) is 7.53. The van der Waals surface area contributed by atoms with Crippen LogP contribution in [-0.2, 0) is 27.2 Å². The van der Waals surface area contributed by atoms with Gasteiger partial charge in [-0.3, -0.25) is 9.59 Å². The molecule has 1 amide bonds. The molecular weight excluding hydrogens is 426 g/mol. The Labute approximate surface area is 194 Å². The van der Waals surface area contributed by atoms with Gasteiger partial charge >= 0.3 is 11.9 Å². The zero-order valence-corrected chi connectivity index (χ0v) is 20.3. The van der Waals surface area contributed by atoms with Crippen LogP contribution in [0.1, 0.15) is 80.6 Å². The van der Waals surface area contributed by atoms with Crippen molar-refractivity contribution in [2.24, 2.45) is 35.0 Å². The lowest BCUT2D eigenvalue weighted by Crippen LogP contribution is -2.49. The lowest BCUT2D eigenvalue weighted by molar-refractivity contribution is -0.156. The Morgan fingerprint density at radius 3 is 2.25 bits per heavy atom. The average molecular weight is 462 g/mol. The molecule has 1 aromatic rings. The van der Waals surface area contributed by atoms with E-state index in [9.17, 15) is 19.5 Å². The standard InChI is InChI=1S/C25H35NO5S/c1-5-31-24(30)20-16-11-10-15(25(2,3)4)12-17(16)32-22(20)26-21(27)18-13-6-8-14(9-7-13)19(18)23(28)29/h13-15,18-19H,5-12H2,1-4H3,(H,26,27)(H,28,29)/t13?,14?,15-,18-,19+/m1/s1. The van der Waals surface area contributed by atoms with Crippen molar-refractivity contribution in [3.8, 4) is 0 Å². The van der Waals surface area contributed by atoms with Crippen LogP contribution < -0.4 is 5.32 Å². The van der Waals surface area contributed by atoms with E-state index in [1.54, 1.807) is 6.92 Å². The van der Waals surface area contributed by atoms with E-state index < -0.39 is 23.8 Å². The summed E-state index contributed by atoms with van der Waals surface area (Å²) < 4.78 is 5.35. The number of carboxylic acids is 1. The van der Waals surface area contributed by atoms with Gasteiger partial charge in [0.05, 0.1) is 24.0 Å². The maximum absolute atomic E-state index is 13.4. The fourth-order valence-electron chi connectivity index (χ4n) is 6.21. The first-order valence-electron chi connectivity index (χ1n) is 12.0. The topological polar surface area (TPSA) is 92.7 Å². The predicted octanol–water partition coefficient (Wildman–Crippen LogP) is 5.15. The van der Waals surface area contributed by atoms with Crippen molar-refractivity contribution in [3.05, 3.63) is 16.0 Å². The molecule has 0 radical (unpaired) electrons. The van der Waals surface area contributed by atoms with Crippen molar-refractivity contribution in [2.75, 3.05) is 11.9 Å². The molecule has 7 heteroatoms. The summed E-state index contributed by atoms with van der Waals surface area (Å²) in [5.74, 6) is -1.99. The van der Waals surface area contributed by atoms with Crippen LogP contribution in [0.5, 0.6) is 0 Å². The number of fused-ring (bicyclic) bond motifs is 4. The molecule has 6 nitrogen and oxygen atoms in total. The number of nitrogens with one attached hydrogen (secondary N) is 1. The van der Waals surface area contributed by atoms with Crippen molar-refractivity contribution in [1.29, 1.82) is 0 Å². The number of ether oxygens (including phenoxy) is 1. The van der Waals surface area contributed by atoms with E-state index in [0.29, 0.717) is 16.5 Å². The van der Waals surface area contributed by atoms with Gasteiger partial charge in [0, 0.05) is 4.88 Å². The van der Waals surface area contributed by atoms with E-state index >= 15 is 0 Å². The van der Waals surface area contributed by atoms with Crippen molar-refractivity contribution >= 4 is 34.2 Å². The minimum atomic E-state index is -0.872. The number of carbonyl (C=O) groups excluding carboxylic acids is 2. The van der Waals surface area contributed by atoms with E-state index in [0.717, 1.165) is 55.4 Å². The number of rotatable bonds is 5. The molecule has 5 rings (SSSR count). The molecule has 3 saturated carbocycles. The first-order chi connectivity index (χ1) is 15.1. The Morgan fingerprint density at radius 1 is 1.06 bits per heavy atom. The summed E-state index contributed by atoms with van der Waals surface area (Å²) in [6.45, 7) is 8.79. The van der Waals surface area contributed by atoms with Gasteiger partial charge in [-0.15, -0.1) is 11.3 Å². The summed E-state index contributed by atoms with van der Waals surface area (Å²) in [5, 5.41) is 13.4. The van der Waals surface area contributed by atoms with Crippen LogP contribution in [0, 0.1) is 35.0 Å². The molecule has 4 aliphatic carbocycles. The number of carboxylic acid groups (broad SMARTS) is 1. The highest BCUT2D eigenvalue weighted by molar-refractivity contribution is 7.17. The van der Waals surface area contributed by atoms with E-state index in [2.05, 4.69) is 26.1 Å². The minimum Gasteiger partial charge on any atom is -0.481 e. The predicted molar refractivity (Wildman–Crippen MR) is 124 cm³/mol. The van der Waals surface area contributed by atoms with Gasteiger partial charge in [0.15, 0.2) is 0 Å². The third kappa shape index (κ3) is 4.20. The van der Waals surface area contributed by atoms with Crippen molar-refractivity contribution in [1.82, 2.24) is 0 Å². The summed E-state index contributed by atoms with van der Waals surface area (Å²) in [4.78, 5) is 39.5. The summed E-state index contributed by atoms with van der Waals surface area (Å²) in [7, 11) is 0. The van der Waals surface area contributed by atoms with Crippen LogP contribution >= 0.6 is 11.3 Å². The normalized spacial score (nSPS) is 29.3. The third-order valence-corrected chi connectivity index (χ3v) is 9.18. The lowest BCUT2D eigenvalue weighted by Gasteiger charge is -2.45. The monoisotopic (exact) mass is 461 g/mol. The van der Waals surface area contributed by atoms with Gasteiger partial charge in [-0.05, 0) is 80.6 Å². The molecule has 0 aromatic carbocycles. The number of hydrogen-bond acceptors (Lipinski definition) is 5. The number of esters is 1. The number of anilines is 1. The Kier molecular flexibility index (Phi) is 6.40. The Bertz CT molecular complexity index is 906. The van der Waals surface area contributed by atoms with Gasteiger partial charge in [0.2, 0.25) is 5.91 Å². The van der Waals surface area contributed by atoms with Crippen LogP contribution in [0.25, 0.3) is 0 Å². The highest BCUT2D eigenvalue weighted by Crippen LogP contribution is 2.50. The molecule has 1 aromatic heterocycles. The highest BCUT2D eigenvalue weighted by atomic mass is 32.1. The largest absolute Gasteiger partial charge is 0.481 e. The maximum atomic E-state index is 13.4. The maximum Gasteiger partial charge on any atom is 0.341 e. The molecule has 176 valence electrons. The second kappa shape index (κ2) is 8.81. The molecule has 2 N–H and O–H groups in total. The van der Waals surface area contributed by atoms with Crippen molar-refractivity contribution < 1.29 is 24.2 Å². The van der Waals surface area contributed by atoms with Crippen LogP contribution in [0.3, 0.4) is 0 Å². The number of thiophene rings is 1. The summed E-state index contributed by atoms with van der Waals surface area (Å²) in [6, 6.07) is 0. The molecule has 0 aliphatic heterocycles. The van der Waals surface area contributed by atoms with Crippen LogP contribution in [-0.4, -0.2) is 29.6 Å². The fraction of sp³-hybridized carbons (Fsp3) is 0.720. The average Bonchev–Trinajstić information content (AvgIpc) is 3.10. The zero-order valence-electron chi connectivity index (χ0n) is 19.5. The van der Waals surface area contributed by atoms with E-state index in [1.165, 1.54) is 11.3 Å². The second-order valence-corrected chi connectivity index (χ2v) is 11.9. The number of aliphatic carboxylic acids is 1. The van der Waals surface area contributed by atoms with E-state index in [-0.39, 0.29) is 29.8 Å². The summed E-state index contributed by atoms with van der Waals surface area (Å²) in [6.07, 6.45) is 6.28. The number of amides is 1. The first-order valence-corrected chi connectivity index (χ1v) is 12.8. The molecule has 32 heavy (non-hydrogen) atoms. The van der Waals surface area contributed by atoms with E-state index in [4.69, 9.17) is 4.74 Å². The van der Waals surface area contributed by atoms with Gasteiger partial charge in [0.25, 0.3) is 0 Å². The zero-order chi connectivity index (χ0) is 23.2. The highest BCUT2D eigenvalue weighted by Gasteiger charge is 2.50. The second-order valence-electron chi connectivity index (χ2n) is 10.8. The molecule has 0 spiro atoms. The molecule has 4 aliphatic rings. The van der Waals surface area contributed by atoms with Crippen LogP contribution in [0.15, 0.2) is 0 Å². The van der Waals surface area contributed by atoms with Gasteiger partial charge < -0.3 is 15.2 Å². The van der Waals surface area contributed by atoms with Crippen molar-refractivity contribution in [2.45, 2.75) is 72.6 Å². The van der Waals surface area contributed by atoms with Crippen molar-refractivity contribution in [3.63, 3.8) is 0 Å².